The number of amides is 2. The molecule has 0 unspecified atom stereocenters. The van der Waals surface area contributed by atoms with Gasteiger partial charge in [0, 0.05) is 13.8 Å². The Kier molecular flexibility index (Phi) is 17.5. The number of hydrogen-bond donors (Lipinski definition) is 16. The van der Waals surface area contributed by atoms with Crippen LogP contribution in [0, 0.1) is 0 Å². The van der Waals surface area contributed by atoms with Crippen molar-refractivity contribution < 1.29 is 124 Å². The van der Waals surface area contributed by atoms with Crippen LogP contribution in [-0.4, -0.2) is 263 Å². The van der Waals surface area contributed by atoms with Gasteiger partial charge in [-0.3, -0.25) is 9.59 Å². The van der Waals surface area contributed by atoms with Gasteiger partial charge >= 0.3 is 0 Å². The van der Waals surface area contributed by atoms with Gasteiger partial charge in [0.1, 0.15) is 116 Å². The predicted octanol–water partition coefficient (Wildman–Crippen LogP) is -10.6. The summed E-state index contributed by atoms with van der Waals surface area (Å²) in [4.78, 5) is 24.5. The maximum absolute atomic E-state index is 12.5. The van der Waals surface area contributed by atoms with Crippen molar-refractivity contribution >= 4 is 11.8 Å². The van der Waals surface area contributed by atoms with Gasteiger partial charge in [0.15, 0.2) is 31.5 Å². The summed E-state index contributed by atoms with van der Waals surface area (Å²) in [5.41, 5.74) is 0. The number of carbonyl (C=O) groups is 2. The first kappa shape index (κ1) is 50.0. The van der Waals surface area contributed by atoms with E-state index in [1.165, 1.54) is 6.92 Å². The van der Waals surface area contributed by atoms with Crippen molar-refractivity contribution in [2.75, 3.05) is 26.4 Å². The van der Waals surface area contributed by atoms with Crippen molar-refractivity contribution in [3.05, 3.63) is 0 Å². The summed E-state index contributed by atoms with van der Waals surface area (Å²) >= 11 is 0. The van der Waals surface area contributed by atoms with E-state index >= 15 is 0 Å². The van der Waals surface area contributed by atoms with Gasteiger partial charge in [-0.25, -0.2) is 0 Å². The molecule has 0 aromatic heterocycles. The number of ether oxygens (including phenoxy) is 9. The highest BCUT2D eigenvalue weighted by molar-refractivity contribution is 5.73. The average molecular weight is 895 g/mol. The summed E-state index contributed by atoms with van der Waals surface area (Å²) in [7, 11) is 0. The highest BCUT2D eigenvalue weighted by Crippen LogP contribution is 2.34. The summed E-state index contributed by atoms with van der Waals surface area (Å²) < 4.78 is 50.8. The zero-order chi connectivity index (χ0) is 45.2. The van der Waals surface area contributed by atoms with Crippen molar-refractivity contribution in [1.29, 1.82) is 0 Å². The lowest BCUT2D eigenvalue weighted by atomic mass is 9.94. The molecule has 0 aromatic carbocycles. The Bertz CT molecular complexity index is 1420. The standard InChI is InChI=1S/C34H58N2O25/c1-8-17(41)22(46)25(49)32(55-8)54-7-14-29(20(44)15(30(52)56-14)35-9(2)39)60-31-16(36-10(3)40)21(45)28(12(5-38)58-31)61-34-27(51)24(48)19(43)13(59-34)6-53-33-26(50)23(47)18(42)11(4-37)57-33/h8,11-34,37-38,41-52H,4-7H2,1-3H3,(H,35,39)(H,36,40)/t8-,11+,12+,13+,14+,15+,16+,17+,18+,19+,20+,21+,22+,23-,24-,25-,26-,27-,28+,29+,30-,31+,32+,33-,34-/m0/s1. The Morgan fingerprint density at radius 3 is 1.46 bits per heavy atom. The van der Waals surface area contributed by atoms with Gasteiger partial charge in [-0.05, 0) is 6.92 Å². The molecule has 16 N–H and O–H groups in total. The summed E-state index contributed by atoms with van der Waals surface area (Å²) in [6.07, 6.45) is -39.7. The van der Waals surface area contributed by atoms with Gasteiger partial charge in [-0.1, -0.05) is 0 Å². The molecule has 5 rings (SSSR count). The molecule has 5 aliphatic rings. The third kappa shape index (κ3) is 11.1. The topological polar surface area (TPSA) is 424 Å². The van der Waals surface area contributed by atoms with Crippen molar-refractivity contribution in [2.24, 2.45) is 0 Å². The lowest BCUT2D eigenvalue weighted by Crippen LogP contribution is -2.70. The molecule has 354 valence electrons. The zero-order valence-electron chi connectivity index (χ0n) is 33.0. The van der Waals surface area contributed by atoms with Crippen molar-refractivity contribution in [2.45, 2.75) is 174 Å². The molecule has 5 aliphatic heterocycles. The maximum atomic E-state index is 12.5. The molecular weight excluding hydrogens is 836 g/mol. The smallest absolute Gasteiger partial charge is 0.217 e. The second-order valence-electron chi connectivity index (χ2n) is 15.5. The van der Waals surface area contributed by atoms with E-state index in [2.05, 4.69) is 10.6 Å². The molecule has 0 aromatic rings. The van der Waals surface area contributed by atoms with Crippen molar-refractivity contribution in [3.8, 4) is 0 Å². The third-order valence-electron chi connectivity index (χ3n) is 11.0. The predicted molar refractivity (Wildman–Crippen MR) is 188 cm³/mol. The van der Waals surface area contributed by atoms with E-state index in [0.29, 0.717) is 0 Å². The Hall–Kier alpha value is -1.98. The van der Waals surface area contributed by atoms with Gasteiger partial charge in [-0.2, -0.15) is 0 Å². The first-order valence-corrected chi connectivity index (χ1v) is 19.4. The van der Waals surface area contributed by atoms with Crippen LogP contribution >= 0.6 is 0 Å². The maximum Gasteiger partial charge on any atom is 0.217 e. The quantitative estimate of drug-likeness (QED) is 0.0770. The highest BCUT2D eigenvalue weighted by atomic mass is 16.8. The minimum atomic E-state index is -2.05. The SMILES string of the molecule is CC(=O)N[C@@H]1[C@@H](O)[C@H](O[C@H]2O[C@H](CO)[C@@H](O[C@@H]3O[C@H](CO[C@H]4O[C@H](CO)[C@@H](O)[C@H](O)[C@@H]4O)[C@@H](O)[C@H](O)[C@@H]3O)[C@H](O)[C@H]2NC(C)=O)[C@@H](CO[C@@H]2O[C@@H](C)[C@@H](O)[C@@H](O)[C@@H]2O)O[C@@H]1O. The number of aliphatic hydroxyl groups is 14. The van der Waals surface area contributed by atoms with Gasteiger partial charge < -0.3 is 125 Å². The van der Waals surface area contributed by atoms with Crippen LogP contribution in [0.4, 0.5) is 0 Å². The molecular formula is C34H58N2O25. The Morgan fingerprint density at radius 1 is 0.459 bits per heavy atom. The van der Waals surface area contributed by atoms with Gasteiger partial charge in [-0.15, -0.1) is 0 Å². The van der Waals surface area contributed by atoms with E-state index < -0.39 is 192 Å². The third-order valence-corrected chi connectivity index (χ3v) is 11.0. The largest absolute Gasteiger partial charge is 0.394 e. The van der Waals surface area contributed by atoms with Crippen molar-refractivity contribution in [3.63, 3.8) is 0 Å². The van der Waals surface area contributed by atoms with Crippen LogP contribution in [0.2, 0.25) is 0 Å². The van der Waals surface area contributed by atoms with E-state index in [1.807, 2.05) is 0 Å². The first-order chi connectivity index (χ1) is 28.7. The lowest BCUT2D eigenvalue weighted by molar-refractivity contribution is -0.367. The lowest BCUT2D eigenvalue weighted by Gasteiger charge is -2.49. The molecule has 0 radical (unpaired) electrons. The summed E-state index contributed by atoms with van der Waals surface area (Å²) in [6.45, 7) is 0.353. The fourth-order valence-electron chi connectivity index (χ4n) is 7.58. The fraction of sp³-hybridized carbons (Fsp3) is 0.941. The molecule has 0 spiro atoms. The van der Waals surface area contributed by atoms with Crippen LogP contribution in [-0.2, 0) is 52.2 Å². The molecule has 61 heavy (non-hydrogen) atoms. The number of carbonyl (C=O) groups excluding carboxylic acids is 2. The Labute approximate surface area is 346 Å². The van der Waals surface area contributed by atoms with Crippen LogP contribution in [0.5, 0.6) is 0 Å². The normalized spacial score (nSPS) is 49.6. The molecule has 27 nitrogen and oxygen atoms in total. The van der Waals surface area contributed by atoms with E-state index in [9.17, 15) is 81.1 Å². The molecule has 25 atom stereocenters. The minimum Gasteiger partial charge on any atom is -0.394 e. The molecule has 0 bridgehead atoms. The average Bonchev–Trinajstić information content (AvgIpc) is 3.21. The fourth-order valence-corrected chi connectivity index (χ4v) is 7.58. The number of aliphatic hydroxyl groups excluding tert-OH is 14. The van der Waals surface area contributed by atoms with E-state index in [1.54, 1.807) is 0 Å². The van der Waals surface area contributed by atoms with Gasteiger partial charge in [0.2, 0.25) is 11.8 Å². The Balaban J connectivity index is 1.33. The number of nitrogens with one attached hydrogen (secondary N) is 2. The molecule has 5 saturated heterocycles. The molecule has 5 heterocycles. The van der Waals surface area contributed by atoms with Gasteiger partial charge in [0.05, 0.1) is 32.5 Å². The second-order valence-corrected chi connectivity index (χ2v) is 15.5. The highest BCUT2D eigenvalue weighted by Gasteiger charge is 2.55. The molecule has 0 saturated carbocycles. The monoisotopic (exact) mass is 894 g/mol. The molecule has 2 amide bonds. The van der Waals surface area contributed by atoms with Gasteiger partial charge in [0.25, 0.3) is 0 Å². The van der Waals surface area contributed by atoms with Crippen LogP contribution in [0.1, 0.15) is 20.8 Å². The van der Waals surface area contributed by atoms with E-state index in [-0.39, 0.29) is 0 Å². The first-order valence-electron chi connectivity index (χ1n) is 19.4. The van der Waals surface area contributed by atoms with E-state index in [0.717, 1.165) is 13.8 Å². The summed E-state index contributed by atoms with van der Waals surface area (Å²) in [6, 6.07) is -3.23. The molecule has 0 aliphatic carbocycles. The summed E-state index contributed by atoms with van der Waals surface area (Å²) in [5, 5.41) is 152. The minimum absolute atomic E-state index is 0.676. The molecule has 27 heteroatoms. The van der Waals surface area contributed by atoms with E-state index in [4.69, 9.17) is 42.6 Å². The van der Waals surface area contributed by atoms with Crippen molar-refractivity contribution in [1.82, 2.24) is 10.6 Å². The second kappa shape index (κ2) is 21.3. The van der Waals surface area contributed by atoms with Crippen LogP contribution in [0.15, 0.2) is 0 Å². The van der Waals surface area contributed by atoms with Crippen LogP contribution < -0.4 is 10.6 Å². The molecule has 5 fully saturated rings. The number of hydrogen-bond acceptors (Lipinski definition) is 25. The van der Waals surface area contributed by atoms with Crippen LogP contribution in [0.3, 0.4) is 0 Å². The Morgan fingerprint density at radius 2 is 0.885 bits per heavy atom. The number of rotatable bonds is 14. The summed E-state index contributed by atoms with van der Waals surface area (Å²) in [5.74, 6) is -1.50. The van der Waals surface area contributed by atoms with Crippen LogP contribution in [0.25, 0.3) is 0 Å². The zero-order valence-corrected chi connectivity index (χ0v) is 33.0.